The number of hydrogen-bond acceptors (Lipinski definition) is 5. The minimum Gasteiger partial charge on any atom is -0.378 e. The van der Waals surface area contributed by atoms with Crippen LogP contribution < -0.4 is 0 Å². The number of sulfone groups is 1. The Kier molecular flexibility index (Phi) is 7.21. The Balaban J connectivity index is 1.79. The van der Waals surface area contributed by atoms with Gasteiger partial charge in [-0.05, 0) is 24.1 Å². The second kappa shape index (κ2) is 9.72. The van der Waals surface area contributed by atoms with Gasteiger partial charge in [0.25, 0.3) is 5.60 Å². The van der Waals surface area contributed by atoms with Gasteiger partial charge in [-0.15, -0.1) is 0 Å². The quantitative estimate of drug-likeness (QED) is 0.569. The van der Waals surface area contributed by atoms with Crippen molar-refractivity contribution in [3.05, 3.63) is 65.7 Å². The van der Waals surface area contributed by atoms with Crippen molar-refractivity contribution < 1.29 is 49.4 Å². The molecule has 14 heteroatoms. The zero-order valence-corrected chi connectivity index (χ0v) is 20.6. The number of alkyl halides is 6. The molecule has 0 saturated carbocycles. The number of amides is 2. The minimum atomic E-state index is -6.09. The molecule has 0 spiro atoms. The molecule has 2 fully saturated rings. The maximum absolute atomic E-state index is 13.9. The molecule has 7 nitrogen and oxygen atoms in total. The molecule has 2 saturated heterocycles. The van der Waals surface area contributed by atoms with Crippen LogP contribution in [0.2, 0.25) is 0 Å². The van der Waals surface area contributed by atoms with Gasteiger partial charge in [-0.2, -0.15) is 26.3 Å². The normalized spacial score (nSPS) is 21.6. The lowest BCUT2D eigenvalue weighted by Gasteiger charge is -2.34. The number of likely N-dealkylation sites (tertiary alicyclic amines) is 1. The van der Waals surface area contributed by atoms with Crippen molar-refractivity contribution >= 4 is 15.9 Å². The molecule has 208 valence electrons. The van der Waals surface area contributed by atoms with Crippen LogP contribution in [0.4, 0.5) is 31.1 Å². The highest BCUT2D eigenvalue weighted by molar-refractivity contribution is 7.92. The number of halogens is 6. The molecule has 0 aromatic heterocycles. The van der Waals surface area contributed by atoms with Crippen LogP contribution in [0, 0.1) is 0 Å². The molecule has 2 aliphatic rings. The summed E-state index contributed by atoms with van der Waals surface area (Å²) in [5.74, 6) is 0. The van der Waals surface area contributed by atoms with Crippen molar-refractivity contribution in [2.45, 2.75) is 34.0 Å². The number of nitrogens with zero attached hydrogens (tertiary/aromatic N) is 2. The Bertz CT molecular complexity index is 1250. The van der Waals surface area contributed by atoms with E-state index < -0.39 is 44.1 Å². The second-order valence-corrected chi connectivity index (χ2v) is 11.4. The lowest BCUT2D eigenvalue weighted by atomic mass is 9.89. The molecular weight excluding hydrogens is 542 g/mol. The van der Waals surface area contributed by atoms with Gasteiger partial charge in [-0.3, -0.25) is 0 Å². The Morgan fingerprint density at radius 1 is 0.842 bits per heavy atom. The predicted octanol–water partition coefficient (Wildman–Crippen LogP) is 3.83. The lowest BCUT2D eigenvalue weighted by Crippen LogP contribution is -2.54. The molecular formula is C24H24F6N2O5S. The van der Waals surface area contributed by atoms with Gasteiger partial charge < -0.3 is 19.6 Å². The number of morpholine rings is 1. The summed E-state index contributed by atoms with van der Waals surface area (Å²) in [6.45, 7) is 0.791. The molecule has 1 unspecified atom stereocenters. The molecule has 4 rings (SSSR count). The van der Waals surface area contributed by atoms with Gasteiger partial charge in [0.05, 0.1) is 18.1 Å². The van der Waals surface area contributed by atoms with Crippen LogP contribution in [0.1, 0.15) is 17.5 Å². The lowest BCUT2D eigenvalue weighted by molar-refractivity contribution is -0.376. The number of benzene rings is 2. The summed E-state index contributed by atoms with van der Waals surface area (Å²) in [6, 6.07) is 9.24. The third-order valence-electron chi connectivity index (χ3n) is 7.00. The molecule has 2 heterocycles. The Labute approximate surface area is 214 Å². The SMILES string of the molecule is O=C(N1CCOCC1)N1CCC(c2ccc(C(O)(C(F)(F)F)C(F)(F)F)cc2)(S(=O)(=O)c2ccccc2)C1. The average Bonchev–Trinajstić information content (AvgIpc) is 3.35. The van der Waals surface area contributed by atoms with E-state index in [0.717, 1.165) is 12.1 Å². The maximum Gasteiger partial charge on any atom is 0.430 e. The van der Waals surface area contributed by atoms with Gasteiger partial charge in [-0.1, -0.05) is 42.5 Å². The highest BCUT2D eigenvalue weighted by atomic mass is 32.2. The van der Waals surface area contributed by atoms with Crippen molar-refractivity contribution in [1.82, 2.24) is 9.80 Å². The number of urea groups is 1. The number of aliphatic hydroxyl groups is 1. The number of rotatable bonds is 4. The molecule has 2 aromatic rings. The smallest absolute Gasteiger partial charge is 0.378 e. The molecule has 2 aromatic carbocycles. The Morgan fingerprint density at radius 2 is 1.39 bits per heavy atom. The monoisotopic (exact) mass is 566 g/mol. The first-order valence-electron chi connectivity index (χ1n) is 11.5. The number of hydrogen-bond donors (Lipinski definition) is 1. The van der Waals surface area contributed by atoms with Crippen LogP contribution in [0.25, 0.3) is 0 Å². The Morgan fingerprint density at radius 3 is 1.92 bits per heavy atom. The van der Waals surface area contributed by atoms with E-state index in [0.29, 0.717) is 25.3 Å². The van der Waals surface area contributed by atoms with E-state index >= 15 is 0 Å². The largest absolute Gasteiger partial charge is 0.430 e. The summed E-state index contributed by atoms with van der Waals surface area (Å²) in [5, 5.41) is 9.74. The van der Waals surface area contributed by atoms with Crippen LogP contribution in [0.15, 0.2) is 59.5 Å². The van der Waals surface area contributed by atoms with Crippen molar-refractivity contribution in [3.8, 4) is 0 Å². The minimum absolute atomic E-state index is 0.0148. The molecule has 1 N–H and O–H groups in total. The molecule has 38 heavy (non-hydrogen) atoms. The van der Waals surface area contributed by atoms with E-state index in [-0.39, 0.29) is 43.1 Å². The summed E-state index contributed by atoms with van der Waals surface area (Å²) in [5.41, 5.74) is -6.76. The van der Waals surface area contributed by atoms with E-state index in [1.807, 2.05) is 0 Å². The van der Waals surface area contributed by atoms with E-state index in [1.165, 1.54) is 34.1 Å². The van der Waals surface area contributed by atoms with Gasteiger partial charge in [-0.25, -0.2) is 13.2 Å². The Hall–Kier alpha value is -2.84. The molecule has 0 radical (unpaired) electrons. The van der Waals surface area contributed by atoms with Gasteiger partial charge in [0.15, 0.2) is 9.84 Å². The summed E-state index contributed by atoms with van der Waals surface area (Å²) in [6.07, 6.45) is -12.3. The number of carbonyl (C=O) groups excluding carboxylic acids is 1. The van der Waals surface area contributed by atoms with Crippen LogP contribution in [-0.2, 0) is 24.9 Å². The van der Waals surface area contributed by atoms with Crippen LogP contribution in [-0.4, -0.2) is 81.1 Å². The first-order valence-corrected chi connectivity index (χ1v) is 13.0. The van der Waals surface area contributed by atoms with Gasteiger partial charge in [0.1, 0.15) is 4.75 Å². The van der Waals surface area contributed by atoms with E-state index in [1.54, 1.807) is 6.07 Å². The predicted molar refractivity (Wildman–Crippen MR) is 122 cm³/mol. The van der Waals surface area contributed by atoms with Gasteiger partial charge in [0.2, 0.25) is 0 Å². The summed E-state index contributed by atoms with van der Waals surface area (Å²) >= 11 is 0. The molecule has 2 aliphatic heterocycles. The highest BCUT2D eigenvalue weighted by Crippen LogP contribution is 2.51. The van der Waals surface area contributed by atoms with E-state index in [4.69, 9.17) is 4.74 Å². The fourth-order valence-corrected chi connectivity index (χ4v) is 6.94. The van der Waals surface area contributed by atoms with Crippen LogP contribution in [0.3, 0.4) is 0 Å². The highest BCUT2D eigenvalue weighted by Gasteiger charge is 2.71. The van der Waals surface area contributed by atoms with E-state index in [9.17, 15) is 44.7 Å². The van der Waals surface area contributed by atoms with E-state index in [2.05, 4.69) is 0 Å². The van der Waals surface area contributed by atoms with Crippen molar-refractivity contribution in [2.24, 2.45) is 0 Å². The molecule has 0 aliphatic carbocycles. The zero-order chi connectivity index (χ0) is 28.0. The van der Waals surface area contributed by atoms with Crippen LogP contribution >= 0.6 is 0 Å². The molecule has 1 atom stereocenters. The standard InChI is InChI=1S/C24H24F6N2O5S/c25-23(26,27)22(34,24(28,29)30)18-8-6-17(7-9-18)21(38(35,36)19-4-2-1-3-5-19)10-11-32(16-21)20(33)31-12-14-37-15-13-31/h1-9,34H,10-16H2. The topological polar surface area (TPSA) is 87.2 Å². The average molecular weight is 567 g/mol. The fraction of sp³-hybridized carbons (Fsp3) is 0.458. The third kappa shape index (κ3) is 4.51. The first-order chi connectivity index (χ1) is 17.6. The number of carbonyl (C=O) groups is 1. The third-order valence-corrected chi connectivity index (χ3v) is 9.49. The number of ether oxygens (including phenoxy) is 1. The van der Waals surface area contributed by atoms with Gasteiger partial charge in [0, 0.05) is 31.7 Å². The van der Waals surface area contributed by atoms with Crippen LogP contribution in [0.5, 0.6) is 0 Å². The van der Waals surface area contributed by atoms with Gasteiger partial charge >= 0.3 is 18.4 Å². The summed E-state index contributed by atoms with van der Waals surface area (Å²) in [4.78, 5) is 15.8. The molecule has 2 amide bonds. The van der Waals surface area contributed by atoms with Crippen molar-refractivity contribution in [2.75, 3.05) is 39.4 Å². The molecule has 0 bridgehead atoms. The zero-order valence-electron chi connectivity index (χ0n) is 19.8. The van der Waals surface area contributed by atoms with Crippen molar-refractivity contribution in [1.29, 1.82) is 0 Å². The second-order valence-electron chi connectivity index (χ2n) is 9.15. The van der Waals surface area contributed by atoms with Crippen molar-refractivity contribution in [3.63, 3.8) is 0 Å². The summed E-state index contributed by atoms with van der Waals surface area (Å²) in [7, 11) is -4.30. The first kappa shape index (κ1) is 28.2. The maximum atomic E-state index is 13.9. The summed E-state index contributed by atoms with van der Waals surface area (Å²) < 4.78 is 111. The fourth-order valence-electron chi connectivity index (χ4n) is 4.84.